The maximum absolute atomic E-state index is 13.7. The van der Waals surface area contributed by atoms with Crippen LogP contribution in [-0.4, -0.2) is 37.1 Å². The number of hydrogen-bond acceptors (Lipinski definition) is 2. The van der Waals surface area contributed by atoms with Crippen molar-refractivity contribution in [3.8, 4) is 0 Å². The Labute approximate surface area is 115 Å². The van der Waals surface area contributed by atoms with Gasteiger partial charge in [0.05, 0.1) is 18.2 Å². The van der Waals surface area contributed by atoms with E-state index in [0.717, 1.165) is 0 Å². The molecule has 0 aliphatic carbocycles. The van der Waals surface area contributed by atoms with Crippen LogP contribution in [0.4, 0.5) is 4.39 Å². The fraction of sp³-hybridized carbons (Fsp3) is 0.462. The van der Waals surface area contributed by atoms with Gasteiger partial charge < -0.3 is 9.64 Å². The number of amides is 1. The molecular weight excluding hydrogens is 301 g/mol. The lowest BCUT2D eigenvalue weighted by Crippen LogP contribution is -2.41. The number of ether oxygens (including phenoxy) is 1. The zero-order valence-corrected chi connectivity index (χ0v) is 12.3. The summed E-state index contributed by atoms with van der Waals surface area (Å²) in [6, 6.07) is 4.40. The predicted octanol–water partition coefficient (Wildman–Crippen LogP) is 3.09. The minimum Gasteiger partial charge on any atom is -0.383 e. The molecule has 5 heteroatoms. The number of halogens is 2. The van der Waals surface area contributed by atoms with Gasteiger partial charge in [0.25, 0.3) is 5.91 Å². The van der Waals surface area contributed by atoms with Crippen LogP contribution in [0.2, 0.25) is 0 Å². The molecule has 1 amide bonds. The Morgan fingerprint density at radius 2 is 2.22 bits per heavy atom. The van der Waals surface area contributed by atoms with Crippen LogP contribution in [0.15, 0.2) is 22.7 Å². The minimum atomic E-state index is -0.516. The van der Waals surface area contributed by atoms with Gasteiger partial charge in [-0.3, -0.25) is 4.79 Å². The highest BCUT2D eigenvalue weighted by atomic mass is 79.9. The van der Waals surface area contributed by atoms with E-state index in [-0.39, 0.29) is 17.5 Å². The Morgan fingerprint density at radius 3 is 2.72 bits per heavy atom. The Kier molecular flexibility index (Phi) is 5.75. The molecule has 18 heavy (non-hydrogen) atoms. The Balaban J connectivity index is 3.04. The van der Waals surface area contributed by atoms with E-state index in [9.17, 15) is 9.18 Å². The van der Waals surface area contributed by atoms with Crippen molar-refractivity contribution in [3.63, 3.8) is 0 Å². The number of carbonyl (C=O) groups excluding carboxylic acids is 1. The van der Waals surface area contributed by atoms with Crippen molar-refractivity contribution >= 4 is 21.8 Å². The first-order chi connectivity index (χ1) is 8.52. The molecule has 1 aromatic rings. The molecule has 1 unspecified atom stereocenters. The molecule has 1 rings (SSSR count). The van der Waals surface area contributed by atoms with Gasteiger partial charge in [-0.15, -0.1) is 0 Å². The standard InChI is InChI=1S/C13H17BrFNO2/c1-4-16(9(2)8-18-3)13(17)12-10(14)6-5-7-11(12)15/h5-7,9H,4,8H2,1-3H3. The summed E-state index contributed by atoms with van der Waals surface area (Å²) in [5.74, 6) is -0.843. The van der Waals surface area contributed by atoms with E-state index >= 15 is 0 Å². The second-order valence-electron chi connectivity index (χ2n) is 3.99. The number of likely N-dealkylation sites (N-methyl/N-ethyl adjacent to an activating group) is 1. The van der Waals surface area contributed by atoms with Crippen LogP contribution in [-0.2, 0) is 4.74 Å². The monoisotopic (exact) mass is 317 g/mol. The van der Waals surface area contributed by atoms with E-state index in [1.54, 1.807) is 24.1 Å². The van der Waals surface area contributed by atoms with Crippen LogP contribution >= 0.6 is 15.9 Å². The summed E-state index contributed by atoms with van der Waals surface area (Å²) in [5.41, 5.74) is 0.0716. The maximum Gasteiger partial charge on any atom is 0.258 e. The molecule has 0 saturated heterocycles. The Hall–Kier alpha value is -0.940. The van der Waals surface area contributed by atoms with E-state index in [1.807, 2.05) is 13.8 Å². The smallest absolute Gasteiger partial charge is 0.258 e. The SMILES string of the molecule is CCN(C(=O)c1c(F)cccc1Br)C(C)COC. The largest absolute Gasteiger partial charge is 0.383 e. The summed E-state index contributed by atoms with van der Waals surface area (Å²) in [6.07, 6.45) is 0. The molecule has 0 spiro atoms. The van der Waals surface area contributed by atoms with Gasteiger partial charge in [0.1, 0.15) is 5.82 Å². The van der Waals surface area contributed by atoms with Crippen molar-refractivity contribution < 1.29 is 13.9 Å². The van der Waals surface area contributed by atoms with Crippen LogP contribution < -0.4 is 0 Å². The number of rotatable bonds is 5. The second-order valence-corrected chi connectivity index (χ2v) is 4.85. The first-order valence-electron chi connectivity index (χ1n) is 5.76. The van der Waals surface area contributed by atoms with Gasteiger partial charge in [-0.25, -0.2) is 4.39 Å². The Bertz CT molecular complexity index is 405. The van der Waals surface area contributed by atoms with E-state index in [0.29, 0.717) is 17.6 Å². The van der Waals surface area contributed by atoms with Gasteiger partial charge in [0.2, 0.25) is 0 Å². The number of carbonyl (C=O) groups is 1. The van der Waals surface area contributed by atoms with Gasteiger partial charge in [0.15, 0.2) is 0 Å². The van der Waals surface area contributed by atoms with Crippen molar-refractivity contribution in [3.05, 3.63) is 34.1 Å². The summed E-state index contributed by atoms with van der Waals surface area (Å²) in [6.45, 7) is 4.66. The van der Waals surface area contributed by atoms with Crippen LogP contribution in [0.1, 0.15) is 24.2 Å². The van der Waals surface area contributed by atoms with Crippen LogP contribution in [0.3, 0.4) is 0 Å². The Morgan fingerprint density at radius 1 is 1.56 bits per heavy atom. The minimum absolute atomic E-state index is 0.0716. The number of methoxy groups -OCH3 is 1. The average Bonchev–Trinajstić information content (AvgIpc) is 2.30. The average molecular weight is 318 g/mol. The van der Waals surface area contributed by atoms with Crippen molar-refractivity contribution in [2.75, 3.05) is 20.3 Å². The van der Waals surface area contributed by atoms with Gasteiger partial charge in [-0.1, -0.05) is 6.07 Å². The molecule has 0 N–H and O–H groups in total. The van der Waals surface area contributed by atoms with Gasteiger partial charge in [-0.05, 0) is 41.9 Å². The molecule has 100 valence electrons. The fourth-order valence-electron chi connectivity index (χ4n) is 1.83. The number of hydrogen-bond donors (Lipinski definition) is 0. The third-order valence-corrected chi connectivity index (χ3v) is 3.38. The fourth-order valence-corrected chi connectivity index (χ4v) is 2.34. The van der Waals surface area contributed by atoms with Crippen LogP contribution in [0, 0.1) is 5.82 Å². The molecule has 0 aliphatic rings. The van der Waals surface area contributed by atoms with Gasteiger partial charge >= 0.3 is 0 Å². The third kappa shape index (κ3) is 3.29. The quantitative estimate of drug-likeness (QED) is 0.835. The van der Waals surface area contributed by atoms with E-state index in [1.165, 1.54) is 6.07 Å². The predicted molar refractivity (Wildman–Crippen MR) is 72.1 cm³/mol. The zero-order chi connectivity index (χ0) is 13.7. The summed E-state index contributed by atoms with van der Waals surface area (Å²) < 4.78 is 19.2. The highest BCUT2D eigenvalue weighted by Gasteiger charge is 2.24. The van der Waals surface area contributed by atoms with Crippen molar-refractivity contribution in [1.82, 2.24) is 4.90 Å². The van der Waals surface area contributed by atoms with Gasteiger partial charge in [-0.2, -0.15) is 0 Å². The van der Waals surface area contributed by atoms with Crippen LogP contribution in [0.5, 0.6) is 0 Å². The molecule has 1 aromatic carbocycles. The van der Waals surface area contributed by atoms with Crippen LogP contribution in [0.25, 0.3) is 0 Å². The first-order valence-corrected chi connectivity index (χ1v) is 6.56. The molecule has 0 heterocycles. The normalized spacial score (nSPS) is 12.3. The van der Waals surface area contributed by atoms with E-state index in [4.69, 9.17) is 4.74 Å². The van der Waals surface area contributed by atoms with Crippen molar-refractivity contribution in [2.45, 2.75) is 19.9 Å². The highest BCUT2D eigenvalue weighted by molar-refractivity contribution is 9.10. The van der Waals surface area contributed by atoms with Gasteiger partial charge in [0, 0.05) is 18.1 Å². The highest BCUT2D eigenvalue weighted by Crippen LogP contribution is 2.22. The lowest BCUT2D eigenvalue weighted by atomic mass is 10.1. The molecule has 3 nitrogen and oxygen atoms in total. The molecule has 0 bridgehead atoms. The molecular formula is C13H17BrFNO2. The zero-order valence-electron chi connectivity index (χ0n) is 10.7. The first kappa shape index (κ1) is 15.1. The summed E-state index contributed by atoms with van der Waals surface area (Å²) in [5, 5.41) is 0. The summed E-state index contributed by atoms with van der Waals surface area (Å²) >= 11 is 3.21. The topological polar surface area (TPSA) is 29.5 Å². The van der Waals surface area contributed by atoms with E-state index < -0.39 is 5.82 Å². The maximum atomic E-state index is 13.7. The molecule has 0 saturated carbocycles. The third-order valence-electron chi connectivity index (χ3n) is 2.72. The number of nitrogens with zero attached hydrogens (tertiary/aromatic N) is 1. The summed E-state index contributed by atoms with van der Waals surface area (Å²) in [7, 11) is 1.58. The molecule has 1 atom stereocenters. The second kappa shape index (κ2) is 6.85. The van der Waals surface area contributed by atoms with Crippen molar-refractivity contribution in [1.29, 1.82) is 0 Å². The lowest BCUT2D eigenvalue weighted by Gasteiger charge is -2.28. The summed E-state index contributed by atoms with van der Waals surface area (Å²) in [4.78, 5) is 13.9. The van der Waals surface area contributed by atoms with E-state index in [2.05, 4.69) is 15.9 Å². The molecule has 0 fully saturated rings. The van der Waals surface area contributed by atoms with Crippen molar-refractivity contribution in [2.24, 2.45) is 0 Å². The molecule has 0 aromatic heterocycles. The number of benzene rings is 1. The lowest BCUT2D eigenvalue weighted by molar-refractivity contribution is 0.0574. The molecule has 0 radical (unpaired) electrons. The molecule has 0 aliphatic heterocycles.